The molecule has 1 aliphatic rings. The Hall–Kier alpha value is -2.53. The fraction of sp³-hybridized carbons (Fsp3) is 0.278. The summed E-state index contributed by atoms with van der Waals surface area (Å²) >= 11 is 0. The second-order valence-corrected chi connectivity index (χ2v) is 6.05. The molecule has 23 heavy (non-hydrogen) atoms. The maximum Gasteiger partial charge on any atom is 0.152 e. The lowest BCUT2D eigenvalue weighted by Crippen LogP contribution is -2.38. The molecule has 0 aliphatic carbocycles. The highest BCUT2D eigenvalue weighted by Gasteiger charge is 2.24. The van der Waals surface area contributed by atoms with Gasteiger partial charge in [0.25, 0.3) is 0 Å². The number of furan rings is 1. The third-order valence-electron chi connectivity index (χ3n) is 4.28. The Morgan fingerprint density at radius 2 is 2.17 bits per heavy atom. The minimum absolute atomic E-state index is 0.342. The number of hydrogen-bond donors (Lipinski definition) is 2. The van der Waals surface area contributed by atoms with Crippen LogP contribution in [-0.2, 0) is 13.0 Å². The largest absolute Gasteiger partial charge is 0.460 e. The number of nitrogens with zero attached hydrogens (tertiary/aromatic N) is 2. The molecular weight excluding hydrogens is 290 g/mol. The topological polar surface area (TPSA) is 65.3 Å². The van der Waals surface area contributed by atoms with Crippen LogP contribution in [0.25, 0.3) is 11.5 Å². The maximum atomic E-state index is 10.2. The number of anilines is 1. The quantitative estimate of drug-likeness (QED) is 0.781. The van der Waals surface area contributed by atoms with Crippen LogP contribution in [-0.4, -0.2) is 28.0 Å². The molecule has 1 aliphatic heterocycles. The molecule has 3 aromatic rings. The number of H-pyrrole nitrogens is 1. The van der Waals surface area contributed by atoms with Gasteiger partial charge in [0.05, 0.1) is 12.3 Å². The van der Waals surface area contributed by atoms with Gasteiger partial charge in [0.2, 0.25) is 0 Å². The van der Waals surface area contributed by atoms with Crippen LogP contribution in [0.3, 0.4) is 0 Å². The minimum atomic E-state index is -0.342. The summed E-state index contributed by atoms with van der Waals surface area (Å²) in [7, 11) is 0. The van der Waals surface area contributed by atoms with Crippen LogP contribution in [0.4, 0.5) is 5.69 Å². The number of para-hydroxylation sites is 1. The van der Waals surface area contributed by atoms with Gasteiger partial charge in [-0.2, -0.15) is 5.10 Å². The number of aromatic nitrogens is 2. The van der Waals surface area contributed by atoms with E-state index in [4.69, 9.17) is 4.42 Å². The van der Waals surface area contributed by atoms with Crippen LogP contribution in [0.15, 0.2) is 47.0 Å². The summed E-state index contributed by atoms with van der Waals surface area (Å²) in [4.78, 5) is 2.20. The van der Waals surface area contributed by atoms with E-state index in [0.717, 1.165) is 22.8 Å². The number of aliphatic hydroxyl groups is 1. The van der Waals surface area contributed by atoms with Gasteiger partial charge in [-0.1, -0.05) is 18.2 Å². The Morgan fingerprint density at radius 3 is 3.00 bits per heavy atom. The number of rotatable bonds is 3. The predicted octanol–water partition coefficient (Wildman–Crippen LogP) is 2.90. The highest BCUT2D eigenvalue weighted by Crippen LogP contribution is 2.30. The fourth-order valence-electron chi connectivity index (χ4n) is 3.23. The molecule has 0 fully saturated rings. The van der Waals surface area contributed by atoms with Crippen molar-refractivity contribution in [3.05, 3.63) is 59.5 Å². The predicted molar refractivity (Wildman–Crippen MR) is 88.2 cm³/mol. The van der Waals surface area contributed by atoms with Crippen LogP contribution >= 0.6 is 0 Å². The number of β-amino-alcohol motifs (C(OH)–C–C–N with tert-alkyl or cyclic N) is 1. The average molecular weight is 309 g/mol. The highest BCUT2D eigenvalue weighted by atomic mass is 16.3. The molecule has 4 rings (SSSR count). The molecule has 0 bridgehead atoms. The normalized spacial score (nSPS) is 17.3. The van der Waals surface area contributed by atoms with Gasteiger partial charge in [-0.15, -0.1) is 0 Å². The third-order valence-corrected chi connectivity index (χ3v) is 4.28. The van der Waals surface area contributed by atoms with Crippen molar-refractivity contribution in [2.75, 3.05) is 11.4 Å². The zero-order chi connectivity index (χ0) is 15.8. The van der Waals surface area contributed by atoms with Crippen molar-refractivity contribution in [1.82, 2.24) is 10.2 Å². The SMILES string of the molecule is Cc1ccc(-c2[nH]ncc2CN2CC(O)Cc3ccccc32)o1. The first kappa shape index (κ1) is 14.1. The van der Waals surface area contributed by atoms with Crippen LogP contribution < -0.4 is 4.90 Å². The first-order chi connectivity index (χ1) is 11.2. The maximum absolute atomic E-state index is 10.2. The Morgan fingerprint density at radius 1 is 1.30 bits per heavy atom. The van der Waals surface area contributed by atoms with Crippen LogP contribution in [0.1, 0.15) is 16.9 Å². The van der Waals surface area contributed by atoms with Gasteiger partial charge in [-0.3, -0.25) is 5.10 Å². The number of fused-ring (bicyclic) bond motifs is 1. The molecule has 0 saturated carbocycles. The fourth-order valence-corrected chi connectivity index (χ4v) is 3.23. The summed E-state index contributed by atoms with van der Waals surface area (Å²) in [5, 5.41) is 17.4. The lowest BCUT2D eigenvalue weighted by atomic mass is 9.99. The van der Waals surface area contributed by atoms with E-state index < -0.39 is 0 Å². The molecule has 1 aromatic carbocycles. The number of nitrogens with one attached hydrogen (secondary N) is 1. The summed E-state index contributed by atoms with van der Waals surface area (Å²) in [5.74, 6) is 1.67. The molecule has 2 aromatic heterocycles. The number of benzene rings is 1. The Labute approximate surface area is 134 Å². The van der Waals surface area contributed by atoms with E-state index >= 15 is 0 Å². The van der Waals surface area contributed by atoms with Crippen molar-refractivity contribution in [3.63, 3.8) is 0 Å². The Balaban J connectivity index is 1.66. The van der Waals surface area contributed by atoms with Gasteiger partial charge in [0, 0.05) is 30.8 Å². The van der Waals surface area contributed by atoms with Crippen molar-refractivity contribution < 1.29 is 9.52 Å². The molecule has 1 unspecified atom stereocenters. The van der Waals surface area contributed by atoms with Gasteiger partial charge in [-0.05, 0) is 30.7 Å². The van der Waals surface area contributed by atoms with Gasteiger partial charge >= 0.3 is 0 Å². The van der Waals surface area contributed by atoms with Crippen molar-refractivity contribution >= 4 is 5.69 Å². The summed E-state index contributed by atoms with van der Waals surface area (Å²) in [6, 6.07) is 12.1. The standard InChI is InChI=1S/C18H19N3O2/c1-12-6-7-17(23-12)18-14(9-19-20-18)10-21-11-15(22)8-13-4-2-3-5-16(13)21/h2-7,9,15,22H,8,10-11H2,1H3,(H,19,20). The van der Waals surface area contributed by atoms with E-state index in [0.29, 0.717) is 19.5 Å². The van der Waals surface area contributed by atoms with Crippen LogP contribution in [0.2, 0.25) is 0 Å². The highest BCUT2D eigenvalue weighted by molar-refractivity contribution is 5.60. The summed E-state index contributed by atoms with van der Waals surface area (Å²) in [6.45, 7) is 3.23. The molecule has 2 N–H and O–H groups in total. The molecule has 0 radical (unpaired) electrons. The molecule has 5 nitrogen and oxygen atoms in total. The summed E-state index contributed by atoms with van der Waals surface area (Å²) < 4.78 is 5.71. The van der Waals surface area contributed by atoms with Crippen molar-refractivity contribution in [3.8, 4) is 11.5 Å². The second-order valence-electron chi connectivity index (χ2n) is 6.05. The van der Waals surface area contributed by atoms with Gasteiger partial charge < -0.3 is 14.4 Å². The van der Waals surface area contributed by atoms with E-state index in [2.05, 4.69) is 27.2 Å². The Kier molecular flexibility index (Phi) is 3.42. The number of aryl methyl sites for hydroxylation is 1. The van der Waals surface area contributed by atoms with E-state index in [1.165, 1.54) is 11.3 Å². The molecule has 0 amide bonds. The molecule has 1 atom stereocenters. The molecule has 5 heteroatoms. The zero-order valence-electron chi connectivity index (χ0n) is 13.0. The third kappa shape index (κ3) is 2.64. The Bertz CT molecular complexity index is 821. The average Bonchev–Trinajstić information content (AvgIpc) is 3.16. The summed E-state index contributed by atoms with van der Waals surface area (Å²) in [5.41, 5.74) is 4.32. The molecular formula is C18H19N3O2. The monoisotopic (exact) mass is 309 g/mol. The molecule has 118 valence electrons. The lowest BCUT2D eigenvalue weighted by Gasteiger charge is -2.34. The molecule has 0 saturated heterocycles. The van der Waals surface area contributed by atoms with E-state index in [9.17, 15) is 5.11 Å². The minimum Gasteiger partial charge on any atom is -0.460 e. The number of aromatic amines is 1. The van der Waals surface area contributed by atoms with E-state index in [-0.39, 0.29) is 6.10 Å². The zero-order valence-corrected chi connectivity index (χ0v) is 13.0. The van der Waals surface area contributed by atoms with E-state index in [1.807, 2.05) is 37.4 Å². The van der Waals surface area contributed by atoms with E-state index in [1.54, 1.807) is 0 Å². The number of hydrogen-bond acceptors (Lipinski definition) is 4. The van der Waals surface area contributed by atoms with Crippen LogP contribution in [0, 0.1) is 6.92 Å². The first-order valence-electron chi connectivity index (χ1n) is 7.80. The number of aliphatic hydroxyl groups excluding tert-OH is 1. The van der Waals surface area contributed by atoms with Gasteiger partial charge in [0.15, 0.2) is 5.76 Å². The van der Waals surface area contributed by atoms with Crippen molar-refractivity contribution in [2.45, 2.75) is 26.0 Å². The smallest absolute Gasteiger partial charge is 0.152 e. The molecule has 0 spiro atoms. The first-order valence-corrected chi connectivity index (χ1v) is 7.80. The van der Waals surface area contributed by atoms with Gasteiger partial charge in [-0.25, -0.2) is 0 Å². The summed E-state index contributed by atoms with van der Waals surface area (Å²) in [6.07, 6.45) is 2.20. The van der Waals surface area contributed by atoms with Crippen molar-refractivity contribution in [2.24, 2.45) is 0 Å². The second kappa shape index (κ2) is 5.59. The lowest BCUT2D eigenvalue weighted by molar-refractivity contribution is 0.174. The molecule has 3 heterocycles. The van der Waals surface area contributed by atoms with Crippen LogP contribution in [0.5, 0.6) is 0 Å². The van der Waals surface area contributed by atoms with Crippen molar-refractivity contribution in [1.29, 1.82) is 0 Å². The van der Waals surface area contributed by atoms with Gasteiger partial charge in [0.1, 0.15) is 11.5 Å².